The summed E-state index contributed by atoms with van der Waals surface area (Å²) in [6.45, 7) is -0.101. The molecular weight excluding hydrogens is 494 g/mol. The van der Waals surface area contributed by atoms with E-state index >= 15 is 0 Å². The van der Waals surface area contributed by atoms with Gasteiger partial charge in [0.15, 0.2) is 17.2 Å². The Bertz CT molecular complexity index is 1500. The average molecular weight is 520 g/mol. The molecule has 10 nitrogen and oxygen atoms in total. The molecule has 1 amide bonds. The first-order valence-corrected chi connectivity index (χ1v) is 11.9. The zero-order valence-electron chi connectivity index (χ0n) is 20.4. The van der Waals surface area contributed by atoms with Gasteiger partial charge in [-0.2, -0.15) is 0 Å². The van der Waals surface area contributed by atoms with Crippen LogP contribution in [0, 0.1) is 11.8 Å². The number of hydrogen-bond donors (Lipinski definition) is 5. The van der Waals surface area contributed by atoms with Crippen LogP contribution in [0.3, 0.4) is 0 Å². The second kappa shape index (κ2) is 8.93. The van der Waals surface area contributed by atoms with Crippen LogP contribution in [0.15, 0.2) is 53.3 Å². The van der Waals surface area contributed by atoms with Gasteiger partial charge in [-0.1, -0.05) is 24.3 Å². The zero-order chi connectivity index (χ0) is 27.5. The first-order valence-electron chi connectivity index (χ1n) is 11.9. The molecule has 3 atom stereocenters. The first-order chi connectivity index (χ1) is 18.0. The Kier molecular flexibility index (Phi) is 5.96. The Morgan fingerprint density at radius 3 is 2.53 bits per heavy atom. The molecule has 0 heterocycles. The number of fused-ring (bicyclic) bond motifs is 3. The Balaban J connectivity index is 1.66. The molecule has 0 radical (unpaired) electrons. The summed E-state index contributed by atoms with van der Waals surface area (Å²) >= 11 is 0. The third-order valence-electron chi connectivity index (χ3n) is 7.72. The Hall–Kier alpha value is -4.28. The fraction of sp³-hybridized carbons (Fsp3) is 0.286. The van der Waals surface area contributed by atoms with Crippen molar-refractivity contribution in [1.82, 2.24) is 0 Å². The fourth-order valence-electron chi connectivity index (χ4n) is 5.97. The summed E-state index contributed by atoms with van der Waals surface area (Å²) in [5.74, 6) is -7.02. The summed E-state index contributed by atoms with van der Waals surface area (Å²) < 4.78 is 4.93. The van der Waals surface area contributed by atoms with E-state index in [1.165, 1.54) is 13.2 Å². The number of ketones is 3. The van der Waals surface area contributed by atoms with Gasteiger partial charge in [0, 0.05) is 30.6 Å². The molecule has 0 unspecified atom stereocenters. The van der Waals surface area contributed by atoms with E-state index < -0.39 is 58.4 Å². The molecule has 2 aromatic carbocycles. The molecule has 1 saturated carbocycles. The van der Waals surface area contributed by atoms with E-state index in [-0.39, 0.29) is 42.1 Å². The number of amides is 1. The van der Waals surface area contributed by atoms with Gasteiger partial charge in [0.2, 0.25) is 5.78 Å². The number of carbonyl (C=O) groups excluding carboxylic acids is 4. The summed E-state index contributed by atoms with van der Waals surface area (Å²) in [4.78, 5) is 50.3. The highest BCUT2D eigenvalue weighted by Gasteiger charge is 2.60. The minimum Gasteiger partial charge on any atom is -0.508 e. The predicted molar refractivity (Wildman–Crippen MR) is 133 cm³/mol. The van der Waals surface area contributed by atoms with Crippen LogP contribution in [0.1, 0.15) is 34.3 Å². The molecule has 0 aromatic heterocycles. The van der Waals surface area contributed by atoms with Crippen LogP contribution in [0.4, 0.5) is 0 Å². The Morgan fingerprint density at radius 1 is 1.11 bits per heavy atom. The molecule has 0 bridgehead atoms. The molecule has 0 aliphatic heterocycles. The van der Waals surface area contributed by atoms with Crippen molar-refractivity contribution in [2.45, 2.75) is 24.9 Å². The van der Waals surface area contributed by atoms with Crippen LogP contribution >= 0.6 is 0 Å². The zero-order valence-corrected chi connectivity index (χ0v) is 20.4. The fourth-order valence-corrected chi connectivity index (χ4v) is 5.97. The van der Waals surface area contributed by atoms with E-state index in [0.717, 1.165) is 0 Å². The third kappa shape index (κ3) is 3.56. The topological polar surface area (TPSA) is 184 Å². The lowest BCUT2D eigenvalue weighted by Gasteiger charge is -2.46. The summed E-state index contributed by atoms with van der Waals surface area (Å²) in [7, 11) is 1.42. The number of carbonyl (C=O) groups is 4. The maximum Gasteiger partial charge on any atom is 0.255 e. The van der Waals surface area contributed by atoms with Crippen LogP contribution in [0.5, 0.6) is 5.75 Å². The number of aliphatic hydroxyl groups is 3. The van der Waals surface area contributed by atoms with Crippen molar-refractivity contribution in [3.8, 4) is 16.9 Å². The van der Waals surface area contributed by atoms with Gasteiger partial charge in [0.25, 0.3) is 5.91 Å². The summed E-state index contributed by atoms with van der Waals surface area (Å²) in [5.41, 5.74) is 3.72. The smallest absolute Gasteiger partial charge is 0.255 e. The number of primary amides is 1. The summed E-state index contributed by atoms with van der Waals surface area (Å²) in [6, 6.07) is 9.78. The van der Waals surface area contributed by atoms with Gasteiger partial charge in [0.1, 0.15) is 29.4 Å². The molecule has 0 saturated heterocycles. The monoisotopic (exact) mass is 519 g/mol. The molecule has 10 heteroatoms. The van der Waals surface area contributed by atoms with Gasteiger partial charge in [0.05, 0.1) is 5.56 Å². The number of aliphatic hydroxyl groups excluding tert-OH is 2. The number of phenols is 1. The van der Waals surface area contributed by atoms with E-state index in [4.69, 9.17) is 10.5 Å². The number of phenolic OH excluding ortho intramolecular Hbond substituents is 1. The van der Waals surface area contributed by atoms with E-state index in [0.29, 0.717) is 22.3 Å². The minimum atomic E-state index is -2.61. The van der Waals surface area contributed by atoms with Crippen LogP contribution in [0.25, 0.3) is 16.9 Å². The van der Waals surface area contributed by atoms with Gasteiger partial charge in [-0.25, -0.2) is 0 Å². The van der Waals surface area contributed by atoms with Crippen molar-refractivity contribution >= 4 is 29.0 Å². The van der Waals surface area contributed by atoms with Crippen LogP contribution in [-0.2, 0) is 25.5 Å². The average Bonchev–Trinajstić information content (AvgIpc) is 2.86. The number of rotatable bonds is 5. The van der Waals surface area contributed by atoms with Gasteiger partial charge >= 0.3 is 0 Å². The summed E-state index contributed by atoms with van der Waals surface area (Å²) in [6.07, 6.45) is -0.197. The highest BCUT2D eigenvalue weighted by Crippen LogP contribution is 2.53. The van der Waals surface area contributed by atoms with Crippen molar-refractivity contribution in [2.75, 3.05) is 13.7 Å². The second-order valence-electron chi connectivity index (χ2n) is 9.83. The van der Waals surface area contributed by atoms with Crippen molar-refractivity contribution in [3.63, 3.8) is 0 Å². The number of Topliss-reactive ketones (excluding diaryl/α,β-unsaturated/α-hetero) is 3. The number of ether oxygens (including phenoxy) is 1. The van der Waals surface area contributed by atoms with Crippen LogP contribution in [0.2, 0.25) is 0 Å². The standard InChI is InChI=1S/C28H25NO9/c1-38-11-20(32)13-4-2-3-12(7-13)16-5-6-18(30)22-17(16)9-14-8-15-10-19(31)23(27(29)36)26(35)28(15,37)25(34)21(14)24(22)33/h2-7,14-15,30,33,35,37H,8-11H2,1H3,(H2,29,36)/t14-,15+,28+/m1/s1. The largest absolute Gasteiger partial charge is 0.508 e. The molecule has 6 N–H and O–H groups in total. The van der Waals surface area contributed by atoms with Gasteiger partial charge in [-0.05, 0) is 47.6 Å². The molecule has 38 heavy (non-hydrogen) atoms. The first kappa shape index (κ1) is 25.4. The number of methoxy groups -OCH3 is 1. The number of hydrogen-bond acceptors (Lipinski definition) is 9. The quantitative estimate of drug-likeness (QED) is 0.291. The maximum absolute atomic E-state index is 13.6. The molecular formula is C28H25NO9. The van der Waals surface area contributed by atoms with Crippen molar-refractivity contribution in [3.05, 3.63) is 70.0 Å². The second-order valence-corrected chi connectivity index (χ2v) is 9.83. The van der Waals surface area contributed by atoms with E-state index in [1.54, 1.807) is 30.3 Å². The molecule has 2 aromatic rings. The summed E-state index contributed by atoms with van der Waals surface area (Å²) in [5, 5.41) is 43.9. The normalized spacial score (nSPS) is 24.6. The van der Waals surface area contributed by atoms with Crippen molar-refractivity contribution in [1.29, 1.82) is 0 Å². The Morgan fingerprint density at radius 2 is 1.84 bits per heavy atom. The SMILES string of the molecule is COCC(=O)c1cccc(-c2ccc(O)c3c2C[C@H]2C[C@H]4CC(=O)C(C(N)=O)=C(O)[C@@]4(O)C(=O)C2=C3O)c1. The van der Waals surface area contributed by atoms with Crippen LogP contribution in [-0.4, -0.2) is 63.0 Å². The predicted octanol–water partition coefficient (Wildman–Crippen LogP) is 1.92. The number of benzene rings is 2. The van der Waals surface area contributed by atoms with Gasteiger partial charge in [-0.3, -0.25) is 19.2 Å². The van der Waals surface area contributed by atoms with Crippen molar-refractivity contribution < 1.29 is 44.3 Å². The Labute approximate surface area is 216 Å². The minimum absolute atomic E-state index is 0.0109. The molecule has 1 fully saturated rings. The molecule has 3 aliphatic carbocycles. The van der Waals surface area contributed by atoms with E-state index in [2.05, 4.69) is 0 Å². The van der Waals surface area contributed by atoms with E-state index in [1.807, 2.05) is 0 Å². The number of aromatic hydroxyl groups is 1. The molecule has 0 spiro atoms. The van der Waals surface area contributed by atoms with Gasteiger partial charge < -0.3 is 30.9 Å². The molecule has 5 rings (SSSR count). The van der Waals surface area contributed by atoms with Gasteiger partial charge in [-0.15, -0.1) is 0 Å². The lowest BCUT2D eigenvalue weighted by molar-refractivity contribution is -0.147. The number of nitrogens with two attached hydrogens (primary N) is 1. The van der Waals surface area contributed by atoms with E-state index in [9.17, 15) is 39.6 Å². The lowest BCUT2D eigenvalue weighted by Crippen LogP contribution is -2.58. The van der Waals surface area contributed by atoms with Crippen LogP contribution < -0.4 is 5.73 Å². The highest BCUT2D eigenvalue weighted by molar-refractivity contribution is 6.22. The third-order valence-corrected chi connectivity index (χ3v) is 7.72. The van der Waals surface area contributed by atoms with Crippen molar-refractivity contribution in [2.24, 2.45) is 17.6 Å². The maximum atomic E-state index is 13.6. The highest BCUT2D eigenvalue weighted by atomic mass is 16.5. The molecule has 196 valence electrons. The molecule has 3 aliphatic rings. The lowest BCUT2D eigenvalue weighted by atomic mass is 9.59.